The molecular weight excluding hydrogens is 512 g/mol. The van der Waals surface area contributed by atoms with Crippen LogP contribution in [0.3, 0.4) is 0 Å². The van der Waals surface area contributed by atoms with Gasteiger partial charge in [-0.1, -0.05) is 30.3 Å². The second-order valence-corrected chi connectivity index (χ2v) is 10.2. The number of carbonyl (C=O) groups excluding carboxylic acids is 2. The molecule has 4 aromatic rings. The average molecular weight is 545 g/mol. The van der Waals surface area contributed by atoms with Crippen LogP contribution in [0.4, 0.5) is 0 Å². The summed E-state index contributed by atoms with van der Waals surface area (Å²) in [4.78, 5) is 49.6. The van der Waals surface area contributed by atoms with Crippen molar-refractivity contribution in [2.45, 2.75) is 64.3 Å². The minimum Gasteiger partial charge on any atom is -0.481 e. The fourth-order valence-electron chi connectivity index (χ4n) is 5.40. The van der Waals surface area contributed by atoms with Gasteiger partial charge in [-0.05, 0) is 56.2 Å². The highest BCUT2D eigenvalue weighted by Crippen LogP contribution is 2.35. The number of aryl methyl sites for hydroxylation is 3. The molecule has 0 bridgehead atoms. The van der Waals surface area contributed by atoms with Gasteiger partial charge in [-0.3, -0.25) is 14.4 Å². The van der Waals surface area contributed by atoms with E-state index in [0.29, 0.717) is 16.7 Å². The van der Waals surface area contributed by atoms with Gasteiger partial charge in [-0.25, -0.2) is 4.79 Å². The molecule has 0 radical (unpaired) electrons. The zero-order chi connectivity index (χ0) is 28.2. The number of fused-ring (bicyclic) bond motifs is 4. The molecule has 3 N–H and O–H groups in total. The summed E-state index contributed by atoms with van der Waals surface area (Å²) in [5.41, 5.74) is 3.70. The second-order valence-electron chi connectivity index (χ2n) is 10.2. The van der Waals surface area contributed by atoms with E-state index in [0.717, 1.165) is 53.4 Å². The summed E-state index contributed by atoms with van der Waals surface area (Å²) in [6, 6.07) is 11.7. The number of hydrogen-bond acceptors (Lipinski definition) is 6. The van der Waals surface area contributed by atoms with Gasteiger partial charge in [0.15, 0.2) is 0 Å². The number of benzene rings is 2. The topological polar surface area (TPSA) is 139 Å². The van der Waals surface area contributed by atoms with Crippen LogP contribution in [0.5, 0.6) is 0 Å². The first kappa shape index (κ1) is 27.2. The monoisotopic (exact) mass is 544 g/mol. The molecule has 0 saturated heterocycles. The van der Waals surface area contributed by atoms with Gasteiger partial charge in [-0.2, -0.15) is 0 Å². The van der Waals surface area contributed by atoms with Crippen molar-refractivity contribution in [1.82, 2.24) is 10.6 Å². The Morgan fingerprint density at radius 1 is 0.975 bits per heavy atom. The van der Waals surface area contributed by atoms with E-state index >= 15 is 0 Å². The summed E-state index contributed by atoms with van der Waals surface area (Å²) in [6.45, 7) is 2.04. The first-order chi connectivity index (χ1) is 19.3. The first-order valence-electron chi connectivity index (χ1n) is 13.7. The number of aliphatic carboxylic acids is 1. The smallest absolute Gasteiger partial charge is 0.339 e. The zero-order valence-corrected chi connectivity index (χ0v) is 22.4. The summed E-state index contributed by atoms with van der Waals surface area (Å²) < 4.78 is 11.7. The van der Waals surface area contributed by atoms with E-state index in [-0.39, 0.29) is 32.2 Å². The van der Waals surface area contributed by atoms with Crippen LogP contribution in [0.1, 0.15) is 66.2 Å². The van der Waals surface area contributed by atoms with Crippen molar-refractivity contribution in [1.29, 1.82) is 0 Å². The van der Waals surface area contributed by atoms with Gasteiger partial charge in [0.1, 0.15) is 23.0 Å². The molecule has 40 heavy (non-hydrogen) atoms. The molecule has 1 aliphatic carbocycles. The standard InChI is InChI=1S/C31H32N2O7/c1-18-20(31(38)40-25-17-26-23(16-22(18)25)21-10-5-6-11-24(21)39-26)13-14-27(34)33-29(19-8-3-2-4-9-19)30(37)32-15-7-12-28(35)36/h2-4,8-9,16-17,29H,5-7,10-15H2,1H3,(H,32,37)(H,33,34)(H,35,36). The summed E-state index contributed by atoms with van der Waals surface area (Å²) in [5, 5.41) is 16.1. The van der Waals surface area contributed by atoms with Crippen molar-refractivity contribution < 1.29 is 28.3 Å². The van der Waals surface area contributed by atoms with Gasteiger partial charge >= 0.3 is 11.6 Å². The highest BCUT2D eigenvalue weighted by atomic mass is 16.4. The minimum atomic E-state index is -0.951. The van der Waals surface area contributed by atoms with Gasteiger partial charge in [0, 0.05) is 53.8 Å². The number of furan rings is 1. The fourth-order valence-corrected chi connectivity index (χ4v) is 5.40. The molecule has 2 aromatic heterocycles. The molecule has 2 heterocycles. The fraction of sp³-hybridized carbons (Fsp3) is 0.355. The third-order valence-electron chi connectivity index (χ3n) is 7.53. The van der Waals surface area contributed by atoms with E-state index in [1.54, 1.807) is 30.3 Å². The number of hydrogen-bond donors (Lipinski definition) is 3. The number of carboxylic acids is 1. The molecule has 1 aliphatic rings. The van der Waals surface area contributed by atoms with Crippen LogP contribution in [0, 0.1) is 6.92 Å². The number of rotatable bonds is 10. The molecule has 1 atom stereocenters. The highest BCUT2D eigenvalue weighted by Gasteiger charge is 2.24. The third-order valence-corrected chi connectivity index (χ3v) is 7.53. The Kier molecular flexibility index (Phi) is 8.00. The highest BCUT2D eigenvalue weighted by molar-refractivity contribution is 5.97. The molecule has 2 amide bonds. The summed E-state index contributed by atoms with van der Waals surface area (Å²) in [6.07, 6.45) is 4.44. The van der Waals surface area contributed by atoms with Crippen LogP contribution in [0.2, 0.25) is 0 Å². The van der Waals surface area contributed by atoms with E-state index in [4.69, 9.17) is 13.9 Å². The normalized spacial score (nSPS) is 13.6. The Hall–Kier alpha value is -4.40. The van der Waals surface area contributed by atoms with Gasteiger partial charge < -0.3 is 24.6 Å². The second kappa shape index (κ2) is 11.8. The molecule has 9 nitrogen and oxygen atoms in total. The van der Waals surface area contributed by atoms with Crippen molar-refractivity contribution in [3.63, 3.8) is 0 Å². The quantitative estimate of drug-likeness (QED) is 0.197. The summed E-state index contributed by atoms with van der Waals surface area (Å²) in [5.74, 6) is -0.761. The Bertz CT molecular complexity index is 1630. The van der Waals surface area contributed by atoms with Crippen LogP contribution in [0.25, 0.3) is 21.9 Å². The Morgan fingerprint density at radius 2 is 1.73 bits per heavy atom. The van der Waals surface area contributed by atoms with Gasteiger partial charge in [-0.15, -0.1) is 0 Å². The molecule has 2 aromatic carbocycles. The SMILES string of the molecule is Cc1c(CCC(=O)NC(C(=O)NCCCC(=O)O)c2ccccc2)c(=O)oc2cc3oc4c(c3cc12)CCCC4. The van der Waals surface area contributed by atoms with E-state index in [1.807, 2.05) is 19.1 Å². The van der Waals surface area contributed by atoms with E-state index < -0.39 is 29.5 Å². The van der Waals surface area contributed by atoms with Crippen molar-refractivity contribution in [3.8, 4) is 0 Å². The van der Waals surface area contributed by atoms with E-state index in [2.05, 4.69) is 10.6 Å². The van der Waals surface area contributed by atoms with Crippen LogP contribution >= 0.6 is 0 Å². The van der Waals surface area contributed by atoms with Crippen LogP contribution < -0.4 is 16.3 Å². The van der Waals surface area contributed by atoms with Gasteiger partial charge in [0.2, 0.25) is 11.8 Å². The molecule has 0 aliphatic heterocycles. The van der Waals surface area contributed by atoms with E-state index in [1.165, 1.54) is 5.56 Å². The van der Waals surface area contributed by atoms with Gasteiger partial charge in [0.25, 0.3) is 0 Å². The van der Waals surface area contributed by atoms with Crippen LogP contribution in [-0.4, -0.2) is 29.4 Å². The maximum Gasteiger partial charge on any atom is 0.339 e. The third kappa shape index (κ3) is 5.78. The molecule has 5 rings (SSSR count). The van der Waals surface area contributed by atoms with Crippen molar-refractivity contribution in [2.75, 3.05) is 6.54 Å². The van der Waals surface area contributed by atoms with Crippen LogP contribution in [-0.2, 0) is 33.6 Å². The lowest BCUT2D eigenvalue weighted by Crippen LogP contribution is -2.41. The Labute approximate surface area is 230 Å². The van der Waals surface area contributed by atoms with Gasteiger partial charge in [0.05, 0.1) is 0 Å². The molecule has 0 saturated carbocycles. The van der Waals surface area contributed by atoms with E-state index in [9.17, 15) is 19.2 Å². The molecular formula is C31H32N2O7. The first-order valence-corrected chi connectivity index (χ1v) is 13.7. The number of amides is 2. The predicted octanol–water partition coefficient (Wildman–Crippen LogP) is 4.50. The van der Waals surface area contributed by atoms with Crippen molar-refractivity contribution in [3.05, 3.63) is 80.9 Å². The lowest BCUT2D eigenvalue weighted by atomic mass is 9.94. The average Bonchev–Trinajstić information content (AvgIpc) is 3.30. The van der Waals surface area contributed by atoms with Crippen molar-refractivity contribution in [2.24, 2.45) is 0 Å². The predicted molar refractivity (Wildman–Crippen MR) is 149 cm³/mol. The zero-order valence-electron chi connectivity index (χ0n) is 22.4. The summed E-state index contributed by atoms with van der Waals surface area (Å²) in [7, 11) is 0. The Morgan fingerprint density at radius 3 is 2.50 bits per heavy atom. The van der Waals surface area contributed by atoms with Crippen LogP contribution in [0.15, 0.2) is 56.1 Å². The molecule has 1 unspecified atom stereocenters. The maximum atomic E-state index is 13.0. The molecule has 0 fully saturated rings. The number of carboxylic acid groups (broad SMARTS) is 1. The summed E-state index contributed by atoms with van der Waals surface area (Å²) >= 11 is 0. The Balaban J connectivity index is 1.32. The largest absolute Gasteiger partial charge is 0.481 e. The lowest BCUT2D eigenvalue weighted by molar-refractivity contribution is -0.137. The molecule has 0 spiro atoms. The van der Waals surface area contributed by atoms with Crippen molar-refractivity contribution >= 4 is 39.7 Å². The molecule has 9 heteroatoms. The maximum absolute atomic E-state index is 13.0. The number of nitrogens with one attached hydrogen (secondary N) is 2. The lowest BCUT2D eigenvalue weighted by Gasteiger charge is -2.19. The molecule has 208 valence electrons. The number of carbonyl (C=O) groups is 3. The minimum absolute atomic E-state index is 0.0178.